The van der Waals surface area contributed by atoms with E-state index in [1.54, 1.807) is 11.8 Å². The molecule has 0 saturated carbocycles. The molecule has 1 fully saturated rings. The predicted octanol–water partition coefficient (Wildman–Crippen LogP) is 8.27. The molecule has 1 heterocycles. The summed E-state index contributed by atoms with van der Waals surface area (Å²) in [5.74, 6) is -0.602. The van der Waals surface area contributed by atoms with E-state index in [-0.39, 0.29) is 67.1 Å². The summed E-state index contributed by atoms with van der Waals surface area (Å²) in [5.41, 5.74) is 5.23. The standard InChI is InChI=1S/C40H53NO7S/c1-29(42)48-28-36-33-18-15-14-17-32(33)34-21-20-30(26-35(34)36)25-31(43)22-23-41-38(44)27-37(40(41)47)49-24-16-12-10-8-6-4-2-3-5-7-9-11-13-19-39(45)46/h14-15,17-18,20-21,26,36-37H,2-13,16,19,22-25,27-28H2,1H3,(H,45,46). The molecule has 1 saturated heterocycles. The number of hydrogen-bond acceptors (Lipinski definition) is 7. The Morgan fingerprint density at radius 1 is 0.796 bits per heavy atom. The summed E-state index contributed by atoms with van der Waals surface area (Å²) in [6, 6.07) is 14.1. The fraction of sp³-hybridized carbons (Fsp3) is 0.575. The van der Waals surface area contributed by atoms with E-state index in [1.807, 2.05) is 30.3 Å². The van der Waals surface area contributed by atoms with Gasteiger partial charge in [0.2, 0.25) is 11.8 Å². The maximum Gasteiger partial charge on any atom is 0.303 e. The Bertz CT molecular complexity index is 1440. The van der Waals surface area contributed by atoms with Crippen molar-refractivity contribution in [2.75, 3.05) is 18.9 Å². The van der Waals surface area contributed by atoms with E-state index in [0.29, 0.717) is 6.42 Å². The van der Waals surface area contributed by atoms with Crippen molar-refractivity contribution in [2.24, 2.45) is 0 Å². The largest absolute Gasteiger partial charge is 0.481 e. The summed E-state index contributed by atoms with van der Waals surface area (Å²) in [7, 11) is 0. The van der Waals surface area contributed by atoms with Gasteiger partial charge in [-0.05, 0) is 46.4 Å². The number of ether oxygens (including phenoxy) is 1. The summed E-state index contributed by atoms with van der Waals surface area (Å²) < 4.78 is 5.38. The number of unbranched alkanes of at least 4 members (excludes halogenated alkanes) is 12. The van der Waals surface area contributed by atoms with Gasteiger partial charge in [-0.25, -0.2) is 0 Å². The maximum absolute atomic E-state index is 13.0. The number of esters is 1. The Balaban J connectivity index is 1.07. The minimum Gasteiger partial charge on any atom is -0.481 e. The van der Waals surface area contributed by atoms with Crippen molar-refractivity contribution in [3.8, 4) is 11.1 Å². The number of carbonyl (C=O) groups is 5. The van der Waals surface area contributed by atoms with Gasteiger partial charge in [0, 0.05) is 45.1 Å². The highest BCUT2D eigenvalue weighted by molar-refractivity contribution is 8.00. The lowest BCUT2D eigenvalue weighted by atomic mass is 9.95. The average Bonchev–Trinajstić information content (AvgIpc) is 3.53. The summed E-state index contributed by atoms with van der Waals surface area (Å²) in [5, 5.41) is 8.32. The molecule has 4 rings (SSSR count). The van der Waals surface area contributed by atoms with Gasteiger partial charge >= 0.3 is 11.9 Å². The van der Waals surface area contributed by atoms with Gasteiger partial charge in [0.25, 0.3) is 0 Å². The Labute approximate surface area is 295 Å². The van der Waals surface area contributed by atoms with Crippen molar-refractivity contribution in [2.45, 2.75) is 127 Å². The van der Waals surface area contributed by atoms with E-state index in [9.17, 15) is 24.0 Å². The zero-order chi connectivity index (χ0) is 35.0. The van der Waals surface area contributed by atoms with E-state index < -0.39 is 5.97 Å². The van der Waals surface area contributed by atoms with E-state index in [1.165, 1.54) is 63.2 Å². The van der Waals surface area contributed by atoms with Crippen LogP contribution >= 0.6 is 11.8 Å². The number of imide groups is 1. The molecule has 1 aliphatic heterocycles. The van der Waals surface area contributed by atoms with Crippen molar-refractivity contribution in [1.29, 1.82) is 0 Å². The molecule has 1 aliphatic carbocycles. The van der Waals surface area contributed by atoms with Gasteiger partial charge in [0.15, 0.2) is 0 Å². The molecule has 2 aromatic rings. The number of ketones is 1. The van der Waals surface area contributed by atoms with E-state index in [0.717, 1.165) is 65.7 Å². The molecular formula is C40H53NO7S. The van der Waals surface area contributed by atoms with Gasteiger partial charge < -0.3 is 9.84 Å². The molecule has 0 spiro atoms. The smallest absolute Gasteiger partial charge is 0.303 e. The zero-order valence-electron chi connectivity index (χ0n) is 29.1. The average molecular weight is 692 g/mol. The van der Waals surface area contributed by atoms with Crippen LogP contribution in [0.25, 0.3) is 11.1 Å². The van der Waals surface area contributed by atoms with E-state index in [4.69, 9.17) is 9.84 Å². The minimum absolute atomic E-state index is 0.0198. The number of benzene rings is 2. The second-order valence-electron chi connectivity index (χ2n) is 13.5. The van der Waals surface area contributed by atoms with Crippen molar-refractivity contribution in [3.05, 3.63) is 59.2 Å². The first kappa shape index (κ1) is 38.3. The molecule has 266 valence electrons. The molecule has 49 heavy (non-hydrogen) atoms. The SMILES string of the molecule is CC(=O)OCC1c2ccccc2-c2ccc(CC(=O)CCN3C(=O)CC(SCCCCCCCCCCCCCCCC(=O)O)C3=O)cc21. The number of nitrogens with zero attached hydrogens (tertiary/aromatic N) is 1. The topological polar surface area (TPSA) is 118 Å². The molecule has 2 aliphatic rings. The fourth-order valence-corrected chi connectivity index (χ4v) is 8.15. The van der Waals surface area contributed by atoms with Crippen molar-refractivity contribution >= 4 is 41.3 Å². The normalized spacial score (nSPS) is 16.6. The van der Waals surface area contributed by atoms with Crippen molar-refractivity contribution < 1.29 is 33.8 Å². The van der Waals surface area contributed by atoms with Crippen LogP contribution in [0.1, 0.15) is 132 Å². The van der Waals surface area contributed by atoms with Crippen molar-refractivity contribution in [3.63, 3.8) is 0 Å². The quantitative estimate of drug-likeness (QED) is 0.0664. The van der Waals surface area contributed by atoms with E-state index in [2.05, 4.69) is 12.1 Å². The Hall–Kier alpha value is -3.46. The molecule has 0 radical (unpaired) electrons. The molecule has 9 heteroatoms. The van der Waals surface area contributed by atoms with Gasteiger partial charge in [-0.2, -0.15) is 0 Å². The third-order valence-corrected chi connectivity index (χ3v) is 10.9. The number of fused-ring (bicyclic) bond motifs is 3. The zero-order valence-corrected chi connectivity index (χ0v) is 29.9. The number of carboxylic acids is 1. The third kappa shape index (κ3) is 12.1. The van der Waals surface area contributed by atoms with Crippen LogP contribution in [-0.2, 0) is 35.1 Å². The molecule has 2 aromatic carbocycles. The first-order valence-electron chi connectivity index (χ1n) is 18.3. The van der Waals surface area contributed by atoms with Crippen LogP contribution in [0, 0.1) is 0 Å². The Morgan fingerprint density at radius 3 is 2.06 bits per heavy atom. The number of hydrogen-bond donors (Lipinski definition) is 1. The predicted molar refractivity (Wildman–Crippen MR) is 194 cm³/mol. The lowest BCUT2D eigenvalue weighted by Gasteiger charge is -2.15. The summed E-state index contributed by atoms with van der Waals surface area (Å²) in [6.45, 7) is 1.78. The van der Waals surface area contributed by atoms with Crippen molar-refractivity contribution in [1.82, 2.24) is 4.90 Å². The molecule has 1 N–H and O–H groups in total. The molecule has 2 atom stereocenters. The number of carboxylic acid groups (broad SMARTS) is 1. The first-order valence-corrected chi connectivity index (χ1v) is 19.3. The highest BCUT2D eigenvalue weighted by atomic mass is 32.2. The van der Waals surface area contributed by atoms with E-state index >= 15 is 0 Å². The monoisotopic (exact) mass is 691 g/mol. The van der Waals surface area contributed by atoms with Crippen LogP contribution in [-0.4, -0.2) is 63.7 Å². The fourth-order valence-electron chi connectivity index (χ4n) is 6.97. The molecule has 8 nitrogen and oxygen atoms in total. The Morgan fingerprint density at radius 2 is 1.41 bits per heavy atom. The number of rotatable bonds is 24. The van der Waals surface area contributed by atoms with Crippen LogP contribution < -0.4 is 0 Å². The summed E-state index contributed by atoms with van der Waals surface area (Å²) >= 11 is 1.58. The minimum atomic E-state index is -0.696. The number of amides is 2. The van der Waals surface area contributed by atoms with Crippen LogP contribution in [0.2, 0.25) is 0 Å². The maximum atomic E-state index is 13.0. The Kier molecular flexibility index (Phi) is 15.9. The number of thioether (sulfide) groups is 1. The van der Waals surface area contributed by atoms with Gasteiger partial charge in [-0.3, -0.25) is 28.9 Å². The highest BCUT2D eigenvalue weighted by Crippen LogP contribution is 2.45. The molecule has 0 bridgehead atoms. The third-order valence-electron chi connectivity index (χ3n) is 9.64. The van der Waals surface area contributed by atoms with Gasteiger partial charge in [-0.15, -0.1) is 11.8 Å². The van der Waals surface area contributed by atoms with Crippen LogP contribution in [0.15, 0.2) is 42.5 Å². The second kappa shape index (κ2) is 20.3. The summed E-state index contributed by atoms with van der Waals surface area (Å²) in [4.78, 5) is 62.0. The number of aliphatic carboxylic acids is 1. The molecular weight excluding hydrogens is 639 g/mol. The first-order chi connectivity index (χ1) is 23.7. The van der Waals surface area contributed by atoms with Gasteiger partial charge in [-0.1, -0.05) is 113 Å². The molecule has 0 aromatic heterocycles. The van der Waals surface area contributed by atoms with Crippen LogP contribution in [0.3, 0.4) is 0 Å². The van der Waals surface area contributed by atoms with Gasteiger partial charge in [0.1, 0.15) is 12.4 Å². The van der Waals surface area contributed by atoms with Crippen LogP contribution in [0.5, 0.6) is 0 Å². The second-order valence-corrected chi connectivity index (χ2v) is 14.8. The number of likely N-dealkylation sites (tertiary alicyclic amines) is 1. The lowest BCUT2D eigenvalue weighted by molar-refractivity contribution is -0.141. The lowest BCUT2D eigenvalue weighted by Crippen LogP contribution is -2.33. The number of Topliss-reactive ketones (excluding diaryl/α,β-unsaturated/α-hetero) is 1. The molecule has 2 unspecified atom stereocenters. The summed E-state index contributed by atoms with van der Waals surface area (Å²) in [6.07, 6.45) is 15.9. The van der Waals surface area contributed by atoms with Crippen LogP contribution in [0.4, 0.5) is 0 Å². The number of carbonyl (C=O) groups excluding carboxylic acids is 4. The molecule has 2 amide bonds. The highest BCUT2D eigenvalue weighted by Gasteiger charge is 2.38. The van der Waals surface area contributed by atoms with Gasteiger partial charge in [0.05, 0.1) is 5.25 Å².